The van der Waals surface area contributed by atoms with E-state index in [-0.39, 0.29) is 0 Å². The highest BCUT2D eigenvalue weighted by Crippen LogP contribution is 2.39. The highest BCUT2D eigenvalue weighted by atomic mass is 15.1. The summed E-state index contributed by atoms with van der Waals surface area (Å²) in [7, 11) is 0. The molecular formula is C32H41N. The molecule has 0 aliphatic heterocycles. The number of terminal acetylenes is 1. The van der Waals surface area contributed by atoms with Crippen LogP contribution in [0.4, 0.5) is 5.69 Å². The second-order valence-electron chi connectivity index (χ2n) is 10.4. The van der Waals surface area contributed by atoms with Gasteiger partial charge in [-0.2, -0.15) is 0 Å². The molecule has 2 saturated carbocycles. The molecule has 0 N–H and O–H groups in total. The Morgan fingerprint density at radius 2 is 1.76 bits per heavy atom. The first kappa shape index (κ1) is 23.7. The Kier molecular flexibility index (Phi) is 7.97. The van der Waals surface area contributed by atoms with Crippen LogP contribution in [0.2, 0.25) is 0 Å². The summed E-state index contributed by atoms with van der Waals surface area (Å²) >= 11 is 0. The first-order valence-electron chi connectivity index (χ1n) is 13.2. The number of hydrogen-bond acceptors (Lipinski definition) is 1. The van der Waals surface area contributed by atoms with E-state index in [1.54, 1.807) is 5.56 Å². The van der Waals surface area contributed by atoms with E-state index in [4.69, 9.17) is 6.42 Å². The third-order valence-corrected chi connectivity index (χ3v) is 8.25. The molecule has 0 unspecified atom stereocenters. The Balaban J connectivity index is 1.46. The molecule has 2 aliphatic carbocycles. The minimum absolute atomic E-state index is 0.615. The van der Waals surface area contributed by atoms with Crippen molar-refractivity contribution in [2.75, 3.05) is 11.4 Å². The van der Waals surface area contributed by atoms with E-state index in [0.29, 0.717) is 17.8 Å². The SMILES string of the molecule is C#Cc1cccc(N(CC2CCC(c3ccc(CC)c(C)c3)CC2)C(=C)C2CCCCC2)c1. The molecule has 0 radical (unpaired) electrons. The Morgan fingerprint density at radius 1 is 1.00 bits per heavy atom. The van der Waals surface area contributed by atoms with Crippen molar-refractivity contribution < 1.29 is 0 Å². The minimum Gasteiger partial charge on any atom is -0.345 e. The summed E-state index contributed by atoms with van der Waals surface area (Å²) in [6.07, 6.45) is 18.6. The van der Waals surface area contributed by atoms with Gasteiger partial charge in [-0.05, 0) is 105 Å². The predicted molar refractivity (Wildman–Crippen MR) is 143 cm³/mol. The van der Waals surface area contributed by atoms with Gasteiger partial charge in [-0.25, -0.2) is 0 Å². The lowest BCUT2D eigenvalue weighted by Gasteiger charge is -2.38. The van der Waals surface area contributed by atoms with E-state index in [9.17, 15) is 0 Å². The van der Waals surface area contributed by atoms with Crippen molar-refractivity contribution in [1.82, 2.24) is 0 Å². The average molecular weight is 440 g/mol. The number of allylic oxidation sites excluding steroid dienone is 1. The van der Waals surface area contributed by atoms with Gasteiger partial charge in [0.2, 0.25) is 0 Å². The van der Waals surface area contributed by atoms with Gasteiger partial charge in [0.15, 0.2) is 0 Å². The highest BCUT2D eigenvalue weighted by Gasteiger charge is 2.28. The zero-order valence-corrected chi connectivity index (χ0v) is 20.8. The van der Waals surface area contributed by atoms with E-state index < -0.39 is 0 Å². The fourth-order valence-corrected chi connectivity index (χ4v) is 6.11. The number of hydrogen-bond donors (Lipinski definition) is 0. The van der Waals surface area contributed by atoms with E-state index in [1.807, 2.05) is 6.07 Å². The third kappa shape index (κ3) is 5.73. The lowest BCUT2D eigenvalue weighted by Crippen LogP contribution is -2.33. The van der Waals surface area contributed by atoms with Crippen LogP contribution < -0.4 is 4.90 Å². The van der Waals surface area contributed by atoms with Crippen LogP contribution in [-0.4, -0.2) is 6.54 Å². The number of benzene rings is 2. The van der Waals surface area contributed by atoms with Crippen LogP contribution in [0, 0.1) is 31.1 Å². The summed E-state index contributed by atoms with van der Waals surface area (Å²) in [5.74, 6) is 4.87. The lowest BCUT2D eigenvalue weighted by molar-refractivity contribution is 0.323. The van der Waals surface area contributed by atoms with Gasteiger partial charge in [-0.1, -0.05) is 63.0 Å². The molecule has 1 nitrogen and oxygen atoms in total. The molecule has 4 rings (SSSR count). The molecule has 174 valence electrons. The van der Waals surface area contributed by atoms with Crippen molar-refractivity contribution in [3.05, 3.63) is 77.0 Å². The van der Waals surface area contributed by atoms with Gasteiger partial charge in [0, 0.05) is 23.5 Å². The Hall–Kier alpha value is -2.46. The molecule has 0 saturated heterocycles. The zero-order valence-electron chi connectivity index (χ0n) is 20.8. The maximum atomic E-state index is 5.73. The summed E-state index contributed by atoms with van der Waals surface area (Å²) in [4.78, 5) is 2.53. The van der Waals surface area contributed by atoms with Gasteiger partial charge in [-0.3, -0.25) is 0 Å². The molecule has 0 aromatic heterocycles. The molecular weight excluding hydrogens is 398 g/mol. The van der Waals surface area contributed by atoms with E-state index in [1.165, 1.54) is 80.3 Å². The first-order valence-corrected chi connectivity index (χ1v) is 13.2. The molecule has 2 aliphatic rings. The van der Waals surface area contributed by atoms with Crippen molar-refractivity contribution in [3.63, 3.8) is 0 Å². The van der Waals surface area contributed by atoms with Gasteiger partial charge in [0.25, 0.3) is 0 Å². The van der Waals surface area contributed by atoms with Crippen LogP contribution in [0.3, 0.4) is 0 Å². The maximum absolute atomic E-state index is 5.73. The summed E-state index contributed by atoms with van der Waals surface area (Å²) in [5.41, 5.74) is 8.00. The second kappa shape index (κ2) is 11.1. The van der Waals surface area contributed by atoms with Gasteiger partial charge in [0.05, 0.1) is 0 Å². The van der Waals surface area contributed by atoms with Crippen LogP contribution >= 0.6 is 0 Å². The number of nitrogens with zero attached hydrogens (tertiary/aromatic N) is 1. The Bertz CT molecular complexity index is 980. The fraction of sp³-hybridized carbons (Fsp3) is 0.500. The second-order valence-corrected chi connectivity index (χ2v) is 10.4. The molecule has 2 fully saturated rings. The molecule has 0 amide bonds. The molecule has 0 heterocycles. The molecule has 33 heavy (non-hydrogen) atoms. The van der Waals surface area contributed by atoms with Gasteiger partial charge in [-0.15, -0.1) is 6.42 Å². The summed E-state index contributed by atoms with van der Waals surface area (Å²) < 4.78 is 0. The van der Waals surface area contributed by atoms with Crippen LogP contribution in [0.25, 0.3) is 0 Å². The van der Waals surface area contributed by atoms with Gasteiger partial charge in [0.1, 0.15) is 0 Å². The average Bonchev–Trinajstić information content (AvgIpc) is 2.87. The topological polar surface area (TPSA) is 3.24 Å². The molecule has 1 heteroatoms. The Labute approximate surface area is 202 Å². The Morgan fingerprint density at radius 3 is 2.42 bits per heavy atom. The smallest absolute Gasteiger partial charge is 0.0420 e. The predicted octanol–water partition coefficient (Wildman–Crippen LogP) is 8.41. The van der Waals surface area contributed by atoms with Gasteiger partial charge < -0.3 is 4.90 Å². The molecule has 2 aromatic carbocycles. The monoisotopic (exact) mass is 439 g/mol. The summed E-state index contributed by atoms with van der Waals surface area (Å²) in [6, 6.07) is 15.7. The van der Waals surface area contributed by atoms with E-state index in [0.717, 1.165) is 18.5 Å². The van der Waals surface area contributed by atoms with Crippen LogP contribution in [0.1, 0.15) is 92.9 Å². The normalized spacial score (nSPS) is 21.4. The summed E-state index contributed by atoms with van der Waals surface area (Å²) in [6.45, 7) is 10.2. The number of aryl methyl sites for hydroxylation is 2. The molecule has 2 aromatic rings. The van der Waals surface area contributed by atoms with Crippen molar-refractivity contribution in [1.29, 1.82) is 0 Å². The standard InChI is InChI=1S/C32H41N/c1-5-26-11-10-14-32(22-26)33(25(4)29-12-8-7-9-13-29)23-27-15-17-30(18-16-27)31-20-19-28(6-2)24(3)21-31/h1,10-11,14,19-22,27,29-30H,4,6-9,12-13,15-18,23H2,2-3H3. The van der Waals surface area contributed by atoms with Crippen LogP contribution in [0.15, 0.2) is 54.7 Å². The summed E-state index contributed by atoms with van der Waals surface area (Å²) in [5, 5.41) is 0. The van der Waals surface area contributed by atoms with Crippen molar-refractivity contribution in [2.45, 2.75) is 84.0 Å². The van der Waals surface area contributed by atoms with Crippen molar-refractivity contribution in [2.24, 2.45) is 11.8 Å². The number of rotatable bonds is 7. The van der Waals surface area contributed by atoms with Gasteiger partial charge >= 0.3 is 0 Å². The molecule has 0 atom stereocenters. The van der Waals surface area contributed by atoms with E-state index >= 15 is 0 Å². The third-order valence-electron chi connectivity index (χ3n) is 8.25. The highest BCUT2D eigenvalue weighted by molar-refractivity contribution is 5.56. The first-order chi connectivity index (χ1) is 16.1. The number of anilines is 1. The van der Waals surface area contributed by atoms with Crippen LogP contribution in [-0.2, 0) is 6.42 Å². The molecule has 0 spiro atoms. The molecule has 0 bridgehead atoms. The zero-order chi connectivity index (χ0) is 23.2. The quantitative estimate of drug-likeness (QED) is 0.391. The van der Waals surface area contributed by atoms with E-state index in [2.05, 4.69) is 67.6 Å². The maximum Gasteiger partial charge on any atom is 0.0420 e. The lowest BCUT2D eigenvalue weighted by atomic mass is 9.77. The van der Waals surface area contributed by atoms with Crippen molar-refractivity contribution >= 4 is 5.69 Å². The van der Waals surface area contributed by atoms with Crippen molar-refractivity contribution in [3.8, 4) is 12.3 Å². The fourth-order valence-electron chi connectivity index (χ4n) is 6.11. The minimum atomic E-state index is 0.615. The largest absolute Gasteiger partial charge is 0.345 e. The van der Waals surface area contributed by atoms with Crippen LogP contribution in [0.5, 0.6) is 0 Å².